The largest absolute Gasteiger partial charge is 0.487 e. The lowest BCUT2D eigenvalue weighted by Gasteiger charge is -2.09. The average molecular weight is 246 g/mol. The van der Waals surface area contributed by atoms with Crippen molar-refractivity contribution < 1.29 is 9.84 Å². The van der Waals surface area contributed by atoms with Gasteiger partial charge >= 0.3 is 0 Å². The number of hydrogen-bond acceptors (Lipinski definition) is 3. The summed E-state index contributed by atoms with van der Waals surface area (Å²) >= 11 is 0. The second kappa shape index (κ2) is 5.69. The molecule has 0 bridgehead atoms. The molecule has 0 aliphatic rings. The molecule has 1 aromatic carbocycles. The van der Waals surface area contributed by atoms with Gasteiger partial charge in [0.1, 0.15) is 12.4 Å². The van der Waals surface area contributed by atoms with Crippen LogP contribution in [0.4, 0.5) is 0 Å². The fourth-order valence-electron chi connectivity index (χ4n) is 1.75. The summed E-state index contributed by atoms with van der Waals surface area (Å²) in [5.74, 6) is 0.795. The molecular weight excluding hydrogens is 228 g/mol. The van der Waals surface area contributed by atoms with Gasteiger partial charge in [0.05, 0.1) is 24.3 Å². The van der Waals surface area contributed by atoms with E-state index in [-0.39, 0.29) is 0 Å². The van der Waals surface area contributed by atoms with E-state index < -0.39 is 6.10 Å². The van der Waals surface area contributed by atoms with Gasteiger partial charge in [-0.05, 0) is 31.5 Å². The van der Waals surface area contributed by atoms with Gasteiger partial charge in [0.15, 0.2) is 0 Å². The van der Waals surface area contributed by atoms with E-state index in [1.807, 2.05) is 35.0 Å². The highest BCUT2D eigenvalue weighted by molar-refractivity contribution is 5.28. The van der Waals surface area contributed by atoms with Crippen molar-refractivity contribution in [1.82, 2.24) is 9.55 Å². The van der Waals surface area contributed by atoms with Crippen LogP contribution in [0.25, 0.3) is 0 Å². The molecule has 4 nitrogen and oxygen atoms in total. The molecule has 0 aliphatic heterocycles. The SMILES string of the molecule is CCn1cncc1COc1ccc([C@@H](C)O)cc1. The number of benzene rings is 1. The second-order valence-corrected chi connectivity index (χ2v) is 4.20. The van der Waals surface area contributed by atoms with Gasteiger partial charge in [-0.15, -0.1) is 0 Å². The standard InChI is InChI=1S/C14H18N2O2/c1-3-16-10-15-8-13(16)9-18-14-6-4-12(5-7-14)11(2)17/h4-8,10-11,17H,3,9H2,1-2H3/t11-/m1/s1. The molecule has 0 amide bonds. The molecule has 0 radical (unpaired) electrons. The van der Waals surface area contributed by atoms with Crippen molar-refractivity contribution >= 4 is 0 Å². The third-order valence-electron chi connectivity index (χ3n) is 2.89. The number of nitrogens with zero attached hydrogens (tertiary/aromatic N) is 2. The number of imidazole rings is 1. The van der Waals surface area contributed by atoms with Crippen LogP contribution in [0.5, 0.6) is 5.75 Å². The Morgan fingerprint density at radius 3 is 2.67 bits per heavy atom. The number of aliphatic hydroxyl groups excluding tert-OH is 1. The van der Waals surface area contributed by atoms with Crippen LogP contribution < -0.4 is 4.74 Å². The molecule has 2 aromatic rings. The van der Waals surface area contributed by atoms with Gasteiger partial charge in [-0.25, -0.2) is 4.98 Å². The zero-order valence-electron chi connectivity index (χ0n) is 10.7. The Morgan fingerprint density at radius 2 is 2.06 bits per heavy atom. The lowest BCUT2D eigenvalue weighted by atomic mass is 10.1. The summed E-state index contributed by atoms with van der Waals surface area (Å²) in [5, 5.41) is 9.41. The van der Waals surface area contributed by atoms with Gasteiger partial charge < -0.3 is 14.4 Å². The Hall–Kier alpha value is -1.81. The van der Waals surface area contributed by atoms with Crippen molar-refractivity contribution in [2.24, 2.45) is 0 Å². The maximum absolute atomic E-state index is 9.41. The highest BCUT2D eigenvalue weighted by atomic mass is 16.5. The van der Waals surface area contributed by atoms with E-state index in [1.165, 1.54) is 0 Å². The van der Waals surface area contributed by atoms with Gasteiger partial charge in [0, 0.05) is 6.54 Å². The number of aryl methyl sites for hydroxylation is 1. The van der Waals surface area contributed by atoms with Crippen LogP contribution in [0.2, 0.25) is 0 Å². The van der Waals surface area contributed by atoms with Crippen LogP contribution in [-0.2, 0) is 13.2 Å². The predicted molar refractivity (Wildman–Crippen MR) is 69.3 cm³/mol. The monoisotopic (exact) mass is 246 g/mol. The summed E-state index contributed by atoms with van der Waals surface area (Å²) < 4.78 is 7.73. The summed E-state index contributed by atoms with van der Waals surface area (Å²) in [6, 6.07) is 7.48. The molecule has 1 atom stereocenters. The van der Waals surface area contributed by atoms with Crippen LogP contribution in [-0.4, -0.2) is 14.7 Å². The fourth-order valence-corrected chi connectivity index (χ4v) is 1.75. The van der Waals surface area contributed by atoms with E-state index in [0.717, 1.165) is 23.6 Å². The number of aliphatic hydroxyl groups is 1. The molecule has 96 valence electrons. The Bertz CT molecular complexity index is 489. The number of rotatable bonds is 5. The third kappa shape index (κ3) is 2.90. The molecule has 0 unspecified atom stereocenters. The summed E-state index contributed by atoms with van der Waals surface area (Å²) in [5.41, 5.74) is 1.94. The minimum atomic E-state index is -0.444. The fraction of sp³-hybridized carbons (Fsp3) is 0.357. The second-order valence-electron chi connectivity index (χ2n) is 4.20. The summed E-state index contributed by atoms with van der Waals surface area (Å²) in [6.07, 6.45) is 3.17. The zero-order chi connectivity index (χ0) is 13.0. The average Bonchev–Trinajstić information content (AvgIpc) is 2.84. The molecule has 1 N–H and O–H groups in total. The molecule has 18 heavy (non-hydrogen) atoms. The van der Waals surface area contributed by atoms with Gasteiger partial charge in [0.2, 0.25) is 0 Å². The van der Waals surface area contributed by atoms with Crippen molar-refractivity contribution in [2.45, 2.75) is 33.1 Å². The first-order valence-electron chi connectivity index (χ1n) is 6.10. The highest BCUT2D eigenvalue weighted by Gasteiger charge is 2.03. The van der Waals surface area contributed by atoms with E-state index in [4.69, 9.17) is 4.74 Å². The van der Waals surface area contributed by atoms with E-state index in [1.54, 1.807) is 13.3 Å². The molecule has 0 aliphatic carbocycles. The number of ether oxygens (including phenoxy) is 1. The highest BCUT2D eigenvalue weighted by Crippen LogP contribution is 2.18. The molecule has 0 saturated carbocycles. The van der Waals surface area contributed by atoms with Gasteiger partial charge in [0.25, 0.3) is 0 Å². The quantitative estimate of drug-likeness (QED) is 0.882. The lowest BCUT2D eigenvalue weighted by molar-refractivity contribution is 0.199. The minimum absolute atomic E-state index is 0.444. The zero-order valence-corrected chi connectivity index (χ0v) is 10.7. The Kier molecular flexibility index (Phi) is 3.99. The van der Waals surface area contributed by atoms with E-state index in [9.17, 15) is 5.11 Å². The van der Waals surface area contributed by atoms with Crippen molar-refractivity contribution in [3.63, 3.8) is 0 Å². The third-order valence-corrected chi connectivity index (χ3v) is 2.89. The van der Waals surface area contributed by atoms with Crippen LogP contribution in [0.15, 0.2) is 36.8 Å². The Balaban J connectivity index is 1.98. The Morgan fingerprint density at radius 1 is 1.33 bits per heavy atom. The topological polar surface area (TPSA) is 47.3 Å². The smallest absolute Gasteiger partial charge is 0.130 e. The molecule has 0 spiro atoms. The first-order valence-corrected chi connectivity index (χ1v) is 6.10. The van der Waals surface area contributed by atoms with E-state index >= 15 is 0 Å². The van der Waals surface area contributed by atoms with Crippen LogP contribution in [0, 0.1) is 0 Å². The molecule has 2 rings (SSSR count). The van der Waals surface area contributed by atoms with Crippen LogP contribution in [0.1, 0.15) is 31.2 Å². The number of aromatic nitrogens is 2. The predicted octanol–water partition coefficient (Wildman–Crippen LogP) is 2.54. The van der Waals surface area contributed by atoms with E-state index in [2.05, 4.69) is 11.9 Å². The van der Waals surface area contributed by atoms with E-state index in [0.29, 0.717) is 6.61 Å². The van der Waals surface area contributed by atoms with Crippen molar-refractivity contribution in [2.75, 3.05) is 0 Å². The van der Waals surface area contributed by atoms with Gasteiger partial charge in [-0.3, -0.25) is 0 Å². The number of hydrogen-bond donors (Lipinski definition) is 1. The first kappa shape index (κ1) is 12.6. The summed E-state index contributed by atoms with van der Waals surface area (Å²) in [4.78, 5) is 4.09. The Labute approximate surface area is 107 Å². The maximum atomic E-state index is 9.41. The van der Waals surface area contributed by atoms with Crippen molar-refractivity contribution in [3.05, 3.63) is 48.0 Å². The molecular formula is C14H18N2O2. The first-order chi connectivity index (χ1) is 8.70. The molecule has 0 fully saturated rings. The van der Waals surface area contributed by atoms with Crippen LogP contribution in [0.3, 0.4) is 0 Å². The minimum Gasteiger partial charge on any atom is -0.487 e. The lowest BCUT2D eigenvalue weighted by Crippen LogP contribution is -2.03. The summed E-state index contributed by atoms with van der Waals surface area (Å²) in [7, 11) is 0. The van der Waals surface area contributed by atoms with Crippen LogP contribution >= 0.6 is 0 Å². The molecule has 0 saturated heterocycles. The maximum Gasteiger partial charge on any atom is 0.130 e. The molecule has 1 heterocycles. The van der Waals surface area contributed by atoms with Gasteiger partial charge in [-0.2, -0.15) is 0 Å². The normalized spacial score (nSPS) is 12.4. The van der Waals surface area contributed by atoms with Crippen molar-refractivity contribution in [1.29, 1.82) is 0 Å². The molecule has 1 aromatic heterocycles. The van der Waals surface area contributed by atoms with Crippen molar-refractivity contribution in [3.8, 4) is 5.75 Å². The van der Waals surface area contributed by atoms with Gasteiger partial charge in [-0.1, -0.05) is 12.1 Å². The molecule has 4 heteroatoms. The summed E-state index contributed by atoms with van der Waals surface area (Å²) in [6.45, 7) is 5.21.